The second-order valence-electron chi connectivity index (χ2n) is 8.50. The van der Waals surface area contributed by atoms with E-state index >= 15 is 0 Å². The van der Waals surface area contributed by atoms with E-state index in [1.165, 1.54) is 4.90 Å². The van der Waals surface area contributed by atoms with Gasteiger partial charge in [0.05, 0.1) is 13.0 Å². The van der Waals surface area contributed by atoms with E-state index in [0.29, 0.717) is 5.75 Å². The average molecular weight is 443 g/mol. The molecule has 5 rings (SSSR count). The number of methoxy groups -OCH3 is 1. The van der Waals surface area contributed by atoms with Gasteiger partial charge in [-0.2, -0.15) is 0 Å². The quantitative estimate of drug-likeness (QED) is 0.616. The van der Waals surface area contributed by atoms with Gasteiger partial charge in [-0.25, -0.2) is 4.79 Å². The molecule has 1 fully saturated rings. The second kappa shape index (κ2) is 8.62. The number of carboxylic acids is 1. The number of likely N-dealkylation sites (tertiary alicyclic amines) is 1. The molecule has 33 heavy (non-hydrogen) atoms. The molecule has 1 N–H and O–H groups in total. The zero-order chi connectivity index (χ0) is 22.9. The Morgan fingerprint density at radius 2 is 1.45 bits per heavy atom. The number of amides is 1. The number of aliphatic carboxylic acids is 1. The van der Waals surface area contributed by atoms with Gasteiger partial charge < -0.3 is 19.5 Å². The molecule has 168 valence electrons. The lowest BCUT2D eigenvalue weighted by Crippen LogP contribution is -2.31. The van der Waals surface area contributed by atoms with Crippen LogP contribution in [-0.4, -0.2) is 48.9 Å². The molecular formula is C27H25NO5. The Morgan fingerprint density at radius 1 is 0.879 bits per heavy atom. The van der Waals surface area contributed by atoms with Gasteiger partial charge in [-0.15, -0.1) is 0 Å². The number of carbonyl (C=O) groups excluding carboxylic acids is 1. The predicted molar refractivity (Wildman–Crippen MR) is 124 cm³/mol. The summed E-state index contributed by atoms with van der Waals surface area (Å²) in [4.78, 5) is 26.5. The fourth-order valence-corrected chi connectivity index (χ4v) is 5.18. The van der Waals surface area contributed by atoms with E-state index in [0.717, 1.165) is 27.8 Å². The highest BCUT2D eigenvalue weighted by Crippen LogP contribution is 2.45. The molecule has 2 aliphatic rings. The molecule has 1 aliphatic heterocycles. The highest BCUT2D eigenvalue weighted by molar-refractivity contribution is 5.79. The summed E-state index contributed by atoms with van der Waals surface area (Å²) in [7, 11) is 1.56. The molecule has 6 heteroatoms. The van der Waals surface area contributed by atoms with Gasteiger partial charge in [0.25, 0.3) is 0 Å². The number of fused-ring (bicyclic) bond motifs is 3. The topological polar surface area (TPSA) is 76.1 Å². The molecule has 2 unspecified atom stereocenters. The van der Waals surface area contributed by atoms with Crippen LogP contribution in [0.15, 0.2) is 72.8 Å². The normalized spacial score (nSPS) is 19.1. The van der Waals surface area contributed by atoms with Crippen LogP contribution in [0.3, 0.4) is 0 Å². The molecule has 0 spiro atoms. The van der Waals surface area contributed by atoms with Crippen LogP contribution in [0.5, 0.6) is 5.75 Å². The Labute approximate surface area is 192 Å². The summed E-state index contributed by atoms with van der Waals surface area (Å²) in [6, 6.07) is 23.7. The standard InChI is InChI=1S/C27H25NO5/c1-32-25-13-7-6-12-21(25)22-14-28(15-23(22)26(29)30)27(31)33-16-24-19-10-4-2-8-17(19)18-9-3-5-11-20(18)24/h2-13,22-24H,14-16H2,1H3,(H,29,30). The molecule has 0 bridgehead atoms. The maximum atomic E-state index is 13.0. The molecule has 1 saturated heterocycles. The molecule has 6 nitrogen and oxygen atoms in total. The number of nitrogens with zero attached hydrogens (tertiary/aromatic N) is 1. The number of para-hydroxylation sites is 1. The SMILES string of the molecule is COc1ccccc1C1CN(C(=O)OCC2c3ccccc3-c3ccccc32)CC1C(=O)O. The lowest BCUT2D eigenvalue weighted by atomic mass is 9.88. The Balaban J connectivity index is 1.33. The summed E-state index contributed by atoms with van der Waals surface area (Å²) >= 11 is 0. The molecule has 3 aromatic carbocycles. The number of carboxylic acid groups (broad SMARTS) is 1. The van der Waals surface area contributed by atoms with Crippen molar-refractivity contribution in [3.05, 3.63) is 89.5 Å². The van der Waals surface area contributed by atoms with Crippen molar-refractivity contribution in [1.82, 2.24) is 4.90 Å². The van der Waals surface area contributed by atoms with Crippen molar-refractivity contribution < 1.29 is 24.2 Å². The fourth-order valence-electron chi connectivity index (χ4n) is 5.18. The summed E-state index contributed by atoms with van der Waals surface area (Å²) in [5.74, 6) is -1.42. The van der Waals surface area contributed by atoms with E-state index in [1.54, 1.807) is 7.11 Å². The van der Waals surface area contributed by atoms with Gasteiger partial charge in [0.1, 0.15) is 12.4 Å². The predicted octanol–water partition coefficient (Wildman–Crippen LogP) is 4.74. The van der Waals surface area contributed by atoms with Gasteiger partial charge in [-0.3, -0.25) is 4.79 Å². The van der Waals surface area contributed by atoms with Crippen LogP contribution < -0.4 is 4.74 Å². The molecule has 0 radical (unpaired) electrons. The van der Waals surface area contributed by atoms with E-state index in [4.69, 9.17) is 9.47 Å². The molecule has 0 saturated carbocycles. The van der Waals surface area contributed by atoms with Gasteiger partial charge >= 0.3 is 12.1 Å². The van der Waals surface area contributed by atoms with Crippen LogP contribution in [0.25, 0.3) is 11.1 Å². The number of ether oxygens (including phenoxy) is 2. The molecule has 2 atom stereocenters. The second-order valence-corrected chi connectivity index (χ2v) is 8.50. The van der Waals surface area contributed by atoms with Gasteiger partial charge in [-0.1, -0.05) is 66.7 Å². The van der Waals surface area contributed by atoms with Crippen molar-refractivity contribution >= 4 is 12.1 Å². The summed E-state index contributed by atoms with van der Waals surface area (Å²) in [5, 5.41) is 9.81. The van der Waals surface area contributed by atoms with Crippen molar-refractivity contribution in [2.75, 3.05) is 26.8 Å². The first kappa shape index (κ1) is 21.1. The molecule has 1 amide bonds. The van der Waals surface area contributed by atoms with E-state index < -0.39 is 18.0 Å². The largest absolute Gasteiger partial charge is 0.496 e. The minimum Gasteiger partial charge on any atom is -0.496 e. The number of hydrogen-bond donors (Lipinski definition) is 1. The molecule has 1 aliphatic carbocycles. The van der Waals surface area contributed by atoms with Crippen molar-refractivity contribution in [3.63, 3.8) is 0 Å². The highest BCUT2D eigenvalue weighted by Gasteiger charge is 2.42. The Bertz CT molecular complexity index is 1160. The van der Waals surface area contributed by atoms with E-state index in [1.807, 2.05) is 48.5 Å². The Kier molecular flexibility index (Phi) is 5.50. The number of rotatable bonds is 5. The first-order valence-electron chi connectivity index (χ1n) is 11.0. The summed E-state index contributed by atoms with van der Waals surface area (Å²) < 4.78 is 11.2. The minimum absolute atomic E-state index is 0.0377. The maximum Gasteiger partial charge on any atom is 0.409 e. The minimum atomic E-state index is -0.931. The summed E-state index contributed by atoms with van der Waals surface area (Å²) in [5.41, 5.74) is 5.41. The van der Waals surface area contributed by atoms with Gasteiger partial charge in [0.2, 0.25) is 0 Å². The first-order chi connectivity index (χ1) is 16.1. The third-order valence-electron chi connectivity index (χ3n) is 6.77. The van der Waals surface area contributed by atoms with Gasteiger partial charge in [0, 0.05) is 24.9 Å². The monoisotopic (exact) mass is 443 g/mol. The number of benzene rings is 3. The highest BCUT2D eigenvalue weighted by atomic mass is 16.6. The smallest absolute Gasteiger partial charge is 0.409 e. The van der Waals surface area contributed by atoms with Crippen LogP contribution in [0.4, 0.5) is 4.79 Å². The maximum absolute atomic E-state index is 13.0. The lowest BCUT2D eigenvalue weighted by Gasteiger charge is -2.20. The third kappa shape index (κ3) is 3.71. The van der Waals surface area contributed by atoms with Crippen molar-refractivity contribution in [1.29, 1.82) is 0 Å². The van der Waals surface area contributed by atoms with Crippen molar-refractivity contribution in [2.24, 2.45) is 5.92 Å². The van der Waals surface area contributed by atoms with Crippen LogP contribution in [0.2, 0.25) is 0 Å². The average Bonchev–Trinajstić information content (AvgIpc) is 3.43. The molecule has 3 aromatic rings. The Hall–Kier alpha value is -3.80. The van der Waals surface area contributed by atoms with Gasteiger partial charge in [0.15, 0.2) is 0 Å². The van der Waals surface area contributed by atoms with E-state index in [-0.39, 0.29) is 31.5 Å². The summed E-state index contributed by atoms with van der Waals surface area (Å²) in [6.07, 6.45) is -0.486. The van der Waals surface area contributed by atoms with Crippen molar-refractivity contribution in [3.8, 4) is 16.9 Å². The van der Waals surface area contributed by atoms with Crippen LogP contribution in [0.1, 0.15) is 28.5 Å². The van der Waals surface area contributed by atoms with Crippen LogP contribution >= 0.6 is 0 Å². The first-order valence-corrected chi connectivity index (χ1v) is 11.0. The van der Waals surface area contributed by atoms with Crippen molar-refractivity contribution in [2.45, 2.75) is 11.8 Å². The molecule has 0 aromatic heterocycles. The molecule has 1 heterocycles. The Morgan fingerprint density at radius 3 is 2.06 bits per heavy atom. The van der Waals surface area contributed by atoms with Gasteiger partial charge in [-0.05, 0) is 33.9 Å². The zero-order valence-corrected chi connectivity index (χ0v) is 18.3. The number of carbonyl (C=O) groups is 2. The van der Waals surface area contributed by atoms with E-state index in [2.05, 4.69) is 24.3 Å². The zero-order valence-electron chi connectivity index (χ0n) is 18.3. The van der Waals surface area contributed by atoms with Crippen LogP contribution in [-0.2, 0) is 9.53 Å². The number of hydrogen-bond acceptors (Lipinski definition) is 4. The van der Waals surface area contributed by atoms with Crippen LogP contribution in [0, 0.1) is 5.92 Å². The third-order valence-corrected chi connectivity index (χ3v) is 6.77. The fraction of sp³-hybridized carbons (Fsp3) is 0.259. The summed E-state index contributed by atoms with van der Waals surface area (Å²) in [6.45, 7) is 0.586. The van der Waals surface area contributed by atoms with E-state index in [9.17, 15) is 14.7 Å². The molecular weight excluding hydrogens is 418 g/mol. The lowest BCUT2D eigenvalue weighted by molar-refractivity contribution is -0.141.